The predicted octanol–water partition coefficient (Wildman–Crippen LogP) is 1.67. The number of ether oxygens (including phenoxy) is 1. The Morgan fingerprint density at radius 3 is 2.76 bits per heavy atom. The van der Waals surface area contributed by atoms with Gasteiger partial charge in [-0.3, -0.25) is 9.89 Å². The Kier molecular flexibility index (Phi) is 3.91. The van der Waals surface area contributed by atoms with Gasteiger partial charge < -0.3 is 14.5 Å². The van der Waals surface area contributed by atoms with Gasteiger partial charge in [0.2, 0.25) is 5.91 Å². The van der Waals surface area contributed by atoms with Crippen LogP contribution in [0.3, 0.4) is 0 Å². The Morgan fingerprint density at radius 1 is 1.28 bits per heavy atom. The number of H-pyrrole nitrogens is 1. The van der Waals surface area contributed by atoms with Gasteiger partial charge in [-0.05, 0) is 13.0 Å². The zero-order chi connectivity index (χ0) is 17.4. The summed E-state index contributed by atoms with van der Waals surface area (Å²) in [4.78, 5) is 28.5. The number of aryl methyl sites for hydroxylation is 1. The second-order valence-corrected chi connectivity index (χ2v) is 6.46. The lowest BCUT2D eigenvalue weighted by Crippen LogP contribution is -2.49. The van der Waals surface area contributed by atoms with Crippen molar-refractivity contribution in [2.75, 3.05) is 31.1 Å². The number of benzene rings is 1. The van der Waals surface area contributed by atoms with Crippen LogP contribution in [0.1, 0.15) is 34.1 Å². The van der Waals surface area contributed by atoms with Crippen LogP contribution in [0.4, 0.5) is 5.82 Å². The molecule has 2 aromatic rings. The van der Waals surface area contributed by atoms with Crippen LogP contribution < -0.4 is 4.90 Å². The van der Waals surface area contributed by atoms with Crippen molar-refractivity contribution in [2.45, 2.75) is 19.4 Å². The van der Waals surface area contributed by atoms with Crippen molar-refractivity contribution in [2.24, 2.45) is 0 Å². The van der Waals surface area contributed by atoms with Crippen LogP contribution in [0.25, 0.3) is 0 Å². The highest BCUT2D eigenvalue weighted by atomic mass is 16.5. The van der Waals surface area contributed by atoms with Gasteiger partial charge >= 0.3 is 5.97 Å². The topological polar surface area (TPSA) is 78.5 Å². The van der Waals surface area contributed by atoms with Gasteiger partial charge in [-0.2, -0.15) is 5.10 Å². The lowest BCUT2D eigenvalue weighted by atomic mass is 10.0. The number of amides is 1. The highest BCUT2D eigenvalue weighted by molar-refractivity contribution is 5.94. The number of hydrogen-bond acceptors (Lipinski definition) is 5. The van der Waals surface area contributed by atoms with E-state index in [9.17, 15) is 9.59 Å². The molecule has 1 N–H and O–H groups in total. The van der Waals surface area contributed by atoms with Gasteiger partial charge in [-0.15, -0.1) is 0 Å². The Morgan fingerprint density at radius 2 is 2.04 bits per heavy atom. The molecule has 2 aliphatic heterocycles. The average Bonchev–Trinajstić information content (AvgIpc) is 3.20. The molecule has 1 amide bonds. The molecule has 130 valence electrons. The number of carbonyl (C=O) groups excluding carboxylic acids is 2. The number of carbonyl (C=O) groups is 2. The SMILES string of the molecule is Cc1cc(N2CCN(C(=O)CC3OC(=O)c4ccccc43)CC2)n[nH]1. The fraction of sp³-hybridized carbons (Fsp3) is 0.389. The highest BCUT2D eigenvalue weighted by Crippen LogP contribution is 2.33. The van der Waals surface area contributed by atoms with E-state index in [1.54, 1.807) is 12.1 Å². The van der Waals surface area contributed by atoms with E-state index >= 15 is 0 Å². The number of aromatic amines is 1. The van der Waals surface area contributed by atoms with E-state index in [1.165, 1.54) is 0 Å². The smallest absolute Gasteiger partial charge is 0.339 e. The summed E-state index contributed by atoms with van der Waals surface area (Å²) < 4.78 is 5.38. The molecule has 4 rings (SSSR count). The van der Waals surface area contributed by atoms with Gasteiger partial charge in [0.1, 0.15) is 6.10 Å². The molecule has 1 aromatic carbocycles. The van der Waals surface area contributed by atoms with Crippen molar-refractivity contribution in [3.8, 4) is 0 Å². The van der Waals surface area contributed by atoms with Crippen LogP contribution in [0.15, 0.2) is 30.3 Å². The summed E-state index contributed by atoms with van der Waals surface area (Å²) in [5.74, 6) is 0.600. The van der Waals surface area contributed by atoms with Crippen LogP contribution in [0.5, 0.6) is 0 Å². The summed E-state index contributed by atoms with van der Waals surface area (Å²) >= 11 is 0. The largest absolute Gasteiger partial charge is 0.453 e. The van der Waals surface area contributed by atoms with Gasteiger partial charge in [-0.25, -0.2) is 4.79 Å². The van der Waals surface area contributed by atoms with Crippen LogP contribution in [0, 0.1) is 6.92 Å². The van der Waals surface area contributed by atoms with E-state index in [-0.39, 0.29) is 18.3 Å². The lowest BCUT2D eigenvalue weighted by molar-refractivity contribution is -0.133. The van der Waals surface area contributed by atoms with Crippen LogP contribution >= 0.6 is 0 Å². The summed E-state index contributed by atoms with van der Waals surface area (Å²) in [6, 6.07) is 9.28. The summed E-state index contributed by atoms with van der Waals surface area (Å²) in [7, 11) is 0. The minimum absolute atomic E-state index is 0.0207. The van der Waals surface area contributed by atoms with E-state index in [4.69, 9.17) is 4.74 Å². The molecule has 7 heteroatoms. The number of aromatic nitrogens is 2. The van der Waals surface area contributed by atoms with Crippen molar-refractivity contribution in [1.29, 1.82) is 0 Å². The van der Waals surface area contributed by atoms with Crippen LogP contribution in [-0.4, -0.2) is 53.2 Å². The molecule has 0 aliphatic carbocycles. The molecule has 1 fully saturated rings. The molecule has 0 radical (unpaired) electrons. The number of esters is 1. The van der Waals surface area contributed by atoms with E-state index < -0.39 is 6.10 Å². The maximum Gasteiger partial charge on any atom is 0.339 e. The summed E-state index contributed by atoms with van der Waals surface area (Å²) in [5.41, 5.74) is 2.40. The molecule has 2 aliphatic rings. The van der Waals surface area contributed by atoms with Crippen molar-refractivity contribution < 1.29 is 14.3 Å². The summed E-state index contributed by atoms with van der Waals surface area (Å²) in [6.07, 6.45) is -0.271. The Bertz CT molecular complexity index is 808. The van der Waals surface area contributed by atoms with Gasteiger partial charge in [0.05, 0.1) is 12.0 Å². The van der Waals surface area contributed by atoms with Crippen molar-refractivity contribution >= 4 is 17.7 Å². The molecule has 0 bridgehead atoms. The first-order chi connectivity index (χ1) is 12.1. The second kappa shape index (κ2) is 6.23. The van der Waals surface area contributed by atoms with Gasteiger partial charge in [0.15, 0.2) is 5.82 Å². The first kappa shape index (κ1) is 15.7. The molecule has 1 aromatic heterocycles. The number of rotatable bonds is 3. The number of nitrogens with one attached hydrogen (secondary N) is 1. The van der Waals surface area contributed by atoms with E-state index in [1.807, 2.05) is 30.0 Å². The lowest BCUT2D eigenvalue weighted by Gasteiger charge is -2.35. The van der Waals surface area contributed by atoms with E-state index in [0.717, 1.165) is 30.2 Å². The number of cyclic esters (lactones) is 1. The maximum atomic E-state index is 12.6. The Balaban J connectivity index is 1.36. The fourth-order valence-corrected chi connectivity index (χ4v) is 3.41. The number of nitrogens with zero attached hydrogens (tertiary/aromatic N) is 3. The normalized spacial score (nSPS) is 19.7. The third kappa shape index (κ3) is 2.97. The van der Waals surface area contributed by atoms with E-state index in [2.05, 4.69) is 15.1 Å². The van der Waals surface area contributed by atoms with E-state index in [0.29, 0.717) is 18.7 Å². The van der Waals surface area contributed by atoms with Crippen LogP contribution in [-0.2, 0) is 9.53 Å². The molecule has 1 unspecified atom stereocenters. The van der Waals surface area contributed by atoms with Gasteiger partial charge in [-0.1, -0.05) is 18.2 Å². The predicted molar refractivity (Wildman–Crippen MR) is 91.3 cm³/mol. The molecule has 0 spiro atoms. The average molecular weight is 340 g/mol. The van der Waals surface area contributed by atoms with Gasteiger partial charge in [0, 0.05) is 43.5 Å². The number of fused-ring (bicyclic) bond motifs is 1. The monoisotopic (exact) mass is 340 g/mol. The Labute approximate surface area is 145 Å². The van der Waals surface area contributed by atoms with Crippen molar-refractivity contribution in [3.63, 3.8) is 0 Å². The number of hydrogen-bond donors (Lipinski definition) is 1. The third-order valence-electron chi connectivity index (χ3n) is 4.79. The highest BCUT2D eigenvalue weighted by Gasteiger charge is 2.33. The summed E-state index contributed by atoms with van der Waals surface area (Å²) in [5, 5.41) is 7.21. The number of piperazine rings is 1. The molecular weight excluding hydrogens is 320 g/mol. The number of anilines is 1. The molecule has 7 nitrogen and oxygen atoms in total. The minimum Gasteiger partial charge on any atom is -0.453 e. The van der Waals surface area contributed by atoms with Crippen molar-refractivity contribution in [1.82, 2.24) is 15.1 Å². The second-order valence-electron chi connectivity index (χ2n) is 6.46. The summed E-state index contributed by atoms with van der Waals surface area (Å²) in [6.45, 7) is 4.76. The van der Waals surface area contributed by atoms with Crippen molar-refractivity contribution in [3.05, 3.63) is 47.2 Å². The molecule has 25 heavy (non-hydrogen) atoms. The first-order valence-electron chi connectivity index (χ1n) is 8.46. The zero-order valence-corrected chi connectivity index (χ0v) is 14.1. The van der Waals surface area contributed by atoms with Gasteiger partial charge in [0.25, 0.3) is 0 Å². The third-order valence-corrected chi connectivity index (χ3v) is 4.79. The maximum absolute atomic E-state index is 12.6. The molecular formula is C18H20N4O3. The molecule has 1 saturated heterocycles. The fourth-order valence-electron chi connectivity index (χ4n) is 3.41. The quantitative estimate of drug-likeness (QED) is 0.860. The van der Waals surface area contributed by atoms with Crippen LogP contribution in [0.2, 0.25) is 0 Å². The standard InChI is InChI=1S/C18H20N4O3/c1-12-10-16(20-19-12)21-6-8-22(9-7-21)17(23)11-15-13-4-2-3-5-14(13)18(24)25-15/h2-5,10,15H,6-9,11H2,1H3,(H,19,20). The zero-order valence-electron chi connectivity index (χ0n) is 14.1. The molecule has 1 atom stereocenters. The molecule has 0 saturated carbocycles. The first-order valence-corrected chi connectivity index (χ1v) is 8.46. The minimum atomic E-state index is -0.469. The molecule has 3 heterocycles. The Hall–Kier alpha value is -2.83.